The topological polar surface area (TPSA) is 46.5 Å². The fraction of sp³-hybridized carbons (Fsp3) is 0.222. The van der Waals surface area contributed by atoms with E-state index in [0.29, 0.717) is 22.4 Å². The summed E-state index contributed by atoms with van der Waals surface area (Å²) in [4.78, 5) is 10.4. The predicted molar refractivity (Wildman–Crippen MR) is 48.8 cm³/mol. The maximum Gasteiger partial charge on any atom is 0.182 e. The van der Waals surface area contributed by atoms with Crippen molar-refractivity contribution >= 4 is 17.9 Å². The molecule has 3 nitrogen and oxygen atoms in total. The van der Waals surface area contributed by atoms with Crippen LogP contribution in [0.1, 0.15) is 22.2 Å². The first-order valence-electron chi connectivity index (χ1n) is 3.64. The highest BCUT2D eigenvalue weighted by Crippen LogP contribution is 2.23. The van der Waals surface area contributed by atoms with Gasteiger partial charge in [-0.2, -0.15) is 0 Å². The number of carbonyl (C=O) groups is 1. The van der Waals surface area contributed by atoms with Gasteiger partial charge in [0.25, 0.3) is 0 Å². The Morgan fingerprint density at radius 2 is 2.31 bits per heavy atom. The third-order valence-electron chi connectivity index (χ3n) is 1.65. The van der Waals surface area contributed by atoms with Crippen molar-refractivity contribution in [2.24, 2.45) is 0 Å². The van der Waals surface area contributed by atoms with E-state index in [9.17, 15) is 9.90 Å². The molecule has 1 rings (SSSR count). The number of hydrogen-bond acceptors (Lipinski definition) is 3. The number of benzene rings is 1. The van der Waals surface area contributed by atoms with Crippen LogP contribution in [0.15, 0.2) is 18.2 Å². The standard InChI is InChI=1S/C9H9ClO3/c1-13-9(12)7-4-6(5-11)2-3-8(7)10/h2-5,9,12H,1H3. The van der Waals surface area contributed by atoms with Gasteiger partial charge in [0.15, 0.2) is 6.29 Å². The SMILES string of the molecule is COC(O)c1cc(C=O)ccc1Cl. The van der Waals surface area contributed by atoms with Crippen molar-refractivity contribution < 1.29 is 14.6 Å². The molecule has 0 heterocycles. The van der Waals surface area contributed by atoms with E-state index in [1.54, 1.807) is 12.1 Å². The highest BCUT2D eigenvalue weighted by atomic mass is 35.5. The Kier molecular flexibility index (Phi) is 3.42. The van der Waals surface area contributed by atoms with Gasteiger partial charge in [-0.15, -0.1) is 0 Å². The van der Waals surface area contributed by atoms with Gasteiger partial charge in [-0.25, -0.2) is 0 Å². The zero-order chi connectivity index (χ0) is 9.84. The molecular formula is C9H9ClO3. The van der Waals surface area contributed by atoms with Crippen LogP contribution in [-0.4, -0.2) is 18.5 Å². The van der Waals surface area contributed by atoms with Crippen LogP contribution in [0.4, 0.5) is 0 Å². The Labute approximate surface area is 80.9 Å². The van der Waals surface area contributed by atoms with Gasteiger partial charge < -0.3 is 9.84 Å². The van der Waals surface area contributed by atoms with Crippen LogP contribution >= 0.6 is 11.6 Å². The normalized spacial score (nSPS) is 12.5. The van der Waals surface area contributed by atoms with E-state index in [1.165, 1.54) is 13.2 Å². The van der Waals surface area contributed by atoms with Crippen LogP contribution < -0.4 is 0 Å². The Morgan fingerprint density at radius 3 is 2.85 bits per heavy atom. The lowest BCUT2D eigenvalue weighted by molar-refractivity contribution is -0.0768. The third-order valence-corrected chi connectivity index (χ3v) is 1.99. The minimum Gasteiger partial charge on any atom is -0.364 e. The number of methoxy groups -OCH3 is 1. The van der Waals surface area contributed by atoms with Crippen molar-refractivity contribution in [2.45, 2.75) is 6.29 Å². The largest absolute Gasteiger partial charge is 0.364 e. The minimum atomic E-state index is -1.09. The maximum atomic E-state index is 10.4. The van der Waals surface area contributed by atoms with Crippen molar-refractivity contribution in [1.82, 2.24) is 0 Å². The number of carbonyl (C=O) groups excluding carboxylic acids is 1. The van der Waals surface area contributed by atoms with E-state index in [1.807, 2.05) is 0 Å². The summed E-state index contributed by atoms with van der Waals surface area (Å²) < 4.78 is 4.67. The van der Waals surface area contributed by atoms with Gasteiger partial charge in [0.2, 0.25) is 0 Å². The first-order valence-corrected chi connectivity index (χ1v) is 4.02. The molecule has 0 spiro atoms. The van der Waals surface area contributed by atoms with Gasteiger partial charge in [-0.05, 0) is 12.1 Å². The average molecular weight is 201 g/mol. The zero-order valence-electron chi connectivity index (χ0n) is 7.03. The fourth-order valence-electron chi connectivity index (χ4n) is 0.952. The van der Waals surface area contributed by atoms with Gasteiger partial charge >= 0.3 is 0 Å². The van der Waals surface area contributed by atoms with E-state index in [-0.39, 0.29) is 0 Å². The molecule has 1 N–H and O–H groups in total. The van der Waals surface area contributed by atoms with Crippen molar-refractivity contribution in [3.63, 3.8) is 0 Å². The van der Waals surface area contributed by atoms with E-state index < -0.39 is 6.29 Å². The summed E-state index contributed by atoms with van der Waals surface area (Å²) in [6.07, 6.45) is -0.408. The third kappa shape index (κ3) is 2.28. The molecule has 0 fully saturated rings. The van der Waals surface area contributed by atoms with Gasteiger partial charge in [-0.3, -0.25) is 4.79 Å². The summed E-state index contributed by atoms with van der Waals surface area (Å²) in [6.45, 7) is 0. The first-order chi connectivity index (χ1) is 6.19. The summed E-state index contributed by atoms with van der Waals surface area (Å²) in [6, 6.07) is 4.60. The molecule has 1 unspecified atom stereocenters. The fourth-order valence-corrected chi connectivity index (χ4v) is 1.16. The van der Waals surface area contributed by atoms with Crippen molar-refractivity contribution in [1.29, 1.82) is 0 Å². The number of rotatable bonds is 3. The minimum absolute atomic E-state index is 0.375. The number of halogens is 1. The van der Waals surface area contributed by atoms with Gasteiger partial charge in [-0.1, -0.05) is 17.7 Å². The van der Waals surface area contributed by atoms with E-state index in [4.69, 9.17) is 11.6 Å². The van der Waals surface area contributed by atoms with Crippen LogP contribution in [0.2, 0.25) is 5.02 Å². The van der Waals surface area contributed by atoms with E-state index in [0.717, 1.165) is 0 Å². The van der Waals surface area contributed by atoms with Crippen molar-refractivity contribution in [3.05, 3.63) is 34.3 Å². The molecule has 0 saturated heterocycles. The quantitative estimate of drug-likeness (QED) is 0.598. The molecule has 13 heavy (non-hydrogen) atoms. The summed E-state index contributed by atoms with van der Waals surface area (Å²) in [7, 11) is 1.36. The molecule has 0 aliphatic rings. The molecular weight excluding hydrogens is 192 g/mol. The Hall–Kier alpha value is -0.900. The van der Waals surface area contributed by atoms with Gasteiger partial charge in [0.05, 0.1) is 0 Å². The van der Waals surface area contributed by atoms with Crippen molar-refractivity contribution in [3.8, 4) is 0 Å². The molecule has 1 atom stereocenters. The Bertz CT molecular complexity index is 312. The van der Waals surface area contributed by atoms with Crippen molar-refractivity contribution in [2.75, 3.05) is 7.11 Å². The highest BCUT2D eigenvalue weighted by Gasteiger charge is 2.10. The van der Waals surface area contributed by atoms with Crippen LogP contribution in [0, 0.1) is 0 Å². The summed E-state index contributed by atoms with van der Waals surface area (Å²) in [5.41, 5.74) is 0.851. The molecule has 0 bridgehead atoms. The second-order valence-corrected chi connectivity index (χ2v) is 2.89. The number of aliphatic hydroxyl groups is 1. The molecule has 0 aromatic heterocycles. The molecule has 0 radical (unpaired) electrons. The smallest absolute Gasteiger partial charge is 0.182 e. The highest BCUT2D eigenvalue weighted by molar-refractivity contribution is 6.31. The van der Waals surface area contributed by atoms with Crippen LogP contribution in [0.3, 0.4) is 0 Å². The number of aldehydes is 1. The second-order valence-electron chi connectivity index (χ2n) is 2.49. The maximum absolute atomic E-state index is 10.4. The number of hydrogen-bond donors (Lipinski definition) is 1. The van der Waals surface area contributed by atoms with Gasteiger partial charge in [0, 0.05) is 23.3 Å². The molecule has 4 heteroatoms. The second kappa shape index (κ2) is 4.37. The molecule has 0 aliphatic heterocycles. The Morgan fingerprint density at radius 1 is 1.62 bits per heavy atom. The summed E-state index contributed by atoms with van der Waals surface area (Å²) in [5.74, 6) is 0. The molecule has 0 aliphatic carbocycles. The Balaban J connectivity index is 3.10. The zero-order valence-corrected chi connectivity index (χ0v) is 7.78. The average Bonchev–Trinajstić information content (AvgIpc) is 2.17. The lowest BCUT2D eigenvalue weighted by atomic mass is 10.1. The monoisotopic (exact) mass is 200 g/mol. The van der Waals surface area contributed by atoms with Crippen LogP contribution in [0.25, 0.3) is 0 Å². The lowest BCUT2D eigenvalue weighted by Gasteiger charge is -2.10. The first kappa shape index (κ1) is 10.2. The molecule has 1 aromatic rings. The summed E-state index contributed by atoms with van der Waals surface area (Å²) >= 11 is 5.77. The van der Waals surface area contributed by atoms with E-state index in [2.05, 4.69) is 4.74 Å². The molecule has 0 amide bonds. The van der Waals surface area contributed by atoms with E-state index >= 15 is 0 Å². The molecule has 0 saturated carbocycles. The van der Waals surface area contributed by atoms with Gasteiger partial charge in [0.1, 0.15) is 6.29 Å². The van der Waals surface area contributed by atoms with Crippen LogP contribution in [0.5, 0.6) is 0 Å². The molecule has 70 valence electrons. The predicted octanol–water partition coefficient (Wildman–Crippen LogP) is 1.79. The summed E-state index contributed by atoms with van der Waals surface area (Å²) in [5, 5.41) is 9.68. The lowest BCUT2D eigenvalue weighted by Crippen LogP contribution is -2.01. The number of aliphatic hydroxyl groups excluding tert-OH is 1. The molecule has 1 aromatic carbocycles. The van der Waals surface area contributed by atoms with Crippen LogP contribution in [-0.2, 0) is 4.74 Å². The number of ether oxygens (including phenoxy) is 1.